The Morgan fingerprint density at radius 2 is 2.09 bits per heavy atom. The van der Waals surface area contributed by atoms with E-state index in [0.717, 1.165) is 41.8 Å². The molecule has 2 heterocycles. The van der Waals surface area contributed by atoms with E-state index in [1.807, 2.05) is 18.2 Å². The van der Waals surface area contributed by atoms with Crippen molar-refractivity contribution in [2.24, 2.45) is 5.73 Å². The van der Waals surface area contributed by atoms with Crippen LogP contribution in [0.15, 0.2) is 36.5 Å². The lowest BCUT2D eigenvalue weighted by molar-refractivity contribution is 0.382. The first kappa shape index (κ1) is 16.0. The summed E-state index contributed by atoms with van der Waals surface area (Å²) in [4.78, 5) is 4.45. The van der Waals surface area contributed by atoms with Crippen LogP contribution in [0.5, 0.6) is 5.75 Å². The van der Waals surface area contributed by atoms with Gasteiger partial charge in [0.1, 0.15) is 5.75 Å². The molecule has 4 N–H and O–H groups in total. The molecule has 1 aliphatic rings. The first-order chi connectivity index (χ1) is 11.2. The average Bonchev–Trinajstić information content (AvgIpc) is 2.60. The van der Waals surface area contributed by atoms with Gasteiger partial charge in [0.15, 0.2) is 0 Å². The van der Waals surface area contributed by atoms with Crippen LogP contribution in [-0.2, 0) is 13.0 Å². The van der Waals surface area contributed by atoms with E-state index in [2.05, 4.69) is 16.4 Å². The number of hydrogen-bond donors (Lipinski definition) is 3. The fourth-order valence-corrected chi connectivity index (χ4v) is 3.19. The van der Waals surface area contributed by atoms with Crippen molar-refractivity contribution in [3.8, 4) is 17.0 Å². The fourth-order valence-electron chi connectivity index (χ4n) is 3.19. The zero-order chi connectivity index (χ0) is 16.1. The number of rotatable bonds is 5. The van der Waals surface area contributed by atoms with Gasteiger partial charge in [0.2, 0.25) is 0 Å². The number of aromatic hydroxyl groups is 1. The number of nitrogens with zero attached hydrogens (tertiary/aromatic N) is 1. The molecule has 0 spiro atoms. The molecule has 1 aromatic carbocycles. The summed E-state index contributed by atoms with van der Waals surface area (Å²) in [6.45, 7) is 1.63. The largest absolute Gasteiger partial charge is 0.508 e. The zero-order valence-electron chi connectivity index (χ0n) is 13.5. The lowest BCUT2D eigenvalue weighted by Crippen LogP contribution is -2.34. The Morgan fingerprint density at radius 3 is 2.78 bits per heavy atom. The van der Waals surface area contributed by atoms with Gasteiger partial charge in [-0.2, -0.15) is 0 Å². The van der Waals surface area contributed by atoms with Gasteiger partial charge in [-0.15, -0.1) is 0 Å². The summed E-state index contributed by atoms with van der Waals surface area (Å²) in [5.74, 6) is 0.304. The number of phenolic OH excluding ortho intramolecular Hbond substituents is 1. The molecule has 122 valence electrons. The third-order valence-electron chi connectivity index (χ3n) is 4.53. The predicted octanol–water partition coefficient (Wildman–Crippen LogP) is 2.99. The van der Waals surface area contributed by atoms with E-state index in [0.29, 0.717) is 18.3 Å². The second-order valence-corrected chi connectivity index (χ2v) is 6.33. The van der Waals surface area contributed by atoms with Gasteiger partial charge in [-0.05, 0) is 67.6 Å². The van der Waals surface area contributed by atoms with Crippen LogP contribution in [0, 0.1) is 0 Å². The molecule has 2 aromatic rings. The topological polar surface area (TPSA) is 71.2 Å². The van der Waals surface area contributed by atoms with Crippen LogP contribution < -0.4 is 11.1 Å². The van der Waals surface area contributed by atoms with E-state index < -0.39 is 0 Å². The van der Waals surface area contributed by atoms with Crippen LogP contribution in [0.4, 0.5) is 0 Å². The molecule has 1 unspecified atom stereocenters. The Labute approximate surface area is 137 Å². The molecule has 1 atom stereocenters. The van der Waals surface area contributed by atoms with E-state index >= 15 is 0 Å². The van der Waals surface area contributed by atoms with Gasteiger partial charge < -0.3 is 16.2 Å². The lowest BCUT2D eigenvalue weighted by atomic mass is 9.96. The van der Waals surface area contributed by atoms with Crippen molar-refractivity contribution in [3.63, 3.8) is 0 Å². The highest BCUT2D eigenvalue weighted by Gasteiger charge is 2.13. The Hall–Kier alpha value is -1.91. The predicted molar refractivity (Wildman–Crippen MR) is 93.2 cm³/mol. The molecule has 1 fully saturated rings. The number of hydrogen-bond acceptors (Lipinski definition) is 4. The molecule has 0 radical (unpaired) electrons. The molecule has 1 aliphatic heterocycles. The van der Waals surface area contributed by atoms with Gasteiger partial charge in [0.05, 0.1) is 5.69 Å². The number of aryl methyl sites for hydroxylation is 1. The molecule has 23 heavy (non-hydrogen) atoms. The Balaban J connectivity index is 1.72. The maximum absolute atomic E-state index is 10.0. The van der Waals surface area contributed by atoms with E-state index in [9.17, 15) is 5.11 Å². The SMILES string of the molecule is NCc1ccc(-c2cc(O)cc(CCC3CCCCN3)c2)nc1. The molecule has 0 bridgehead atoms. The molecule has 1 aromatic heterocycles. The molecule has 0 saturated carbocycles. The minimum atomic E-state index is 0.304. The summed E-state index contributed by atoms with van der Waals surface area (Å²) in [5, 5.41) is 13.6. The minimum absolute atomic E-state index is 0.304. The highest BCUT2D eigenvalue weighted by Crippen LogP contribution is 2.25. The van der Waals surface area contributed by atoms with Crippen molar-refractivity contribution in [1.82, 2.24) is 10.3 Å². The number of nitrogens with two attached hydrogens (primary N) is 1. The van der Waals surface area contributed by atoms with E-state index in [1.54, 1.807) is 12.3 Å². The number of phenols is 1. The monoisotopic (exact) mass is 311 g/mol. The van der Waals surface area contributed by atoms with E-state index in [4.69, 9.17) is 5.73 Å². The second-order valence-electron chi connectivity index (χ2n) is 6.33. The first-order valence-electron chi connectivity index (χ1n) is 8.46. The summed E-state index contributed by atoms with van der Waals surface area (Å²) in [7, 11) is 0. The number of piperidine rings is 1. The molecule has 4 nitrogen and oxygen atoms in total. The molecule has 0 aliphatic carbocycles. The van der Waals surface area contributed by atoms with Crippen molar-refractivity contribution in [2.45, 2.75) is 44.7 Å². The normalized spacial score (nSPS) is 18.0. The maximum atomic E-state index is 10.0. The maximum Gasteiger partial charge on any atom is 0.116 e. The van der Waals surface area contributed by atoms with Crippen LogP contribution in [-0.4, -0.2) is 22.7 Å². The Bertz CT molecular complexity index is 634. The quantitative estimate of drug-likeness (QED) is 0.794. The smallest absolute Gasteiger partial charge is 0.116 e. The van der Waals surface area contributed by atoms with Gasteiger partial charge in [-0.1, -0.05) is 12.5 Å². The molecule has 3 rings (SSSR count). The number of pyridine rings is 1. The van der Waals surface area contributed by atoms with Crippen molar-refractivity contribution in [1.29, 1.82) is 0 Å². The number of benzene rings is 1. The fraction of sp³-hybridized carbons (Fsp3) is 0.421. The first-order valence-corrected chi connectivity index (χ1v) is 8.46. The van der Waals surface area contributed by atoms with Crippen molar-refractivity contribution in [2.75, 3.05) is 6.54 Å². The van der Waals surface area contributed by atoms with Gasteiger partial charge in [0, 0.05) is 24.3 Å². The van der Waals surface area contributed by atoms with Crippen molar-refractivity contribution >= 4 is 0 Å². The van der Waals surface area contributed by atoms with Crippen LogP contribution in [0.3, 0.4) is 0 Å². The van der Waals surface area contributed by atoms with Crippen molar-refractivity contribution < 1.29 is 5.11 Å². The van der Waals surface area contributed by atoms with Crippen molar-refractivity contribution in [3.05, 3.63) is 47.7 Å². The highest BCUT2D eigenvalue weighted by molar-refractivity contribution is 5.62. The molecular weight excluding hydrogens is 286 g/mol. The van der Waals surface area contributed by atoms with Gasteiger partial charge >= 0.3 is 0 Å². The van der Waals surface area contributed by atoms with Gasteiger partial charge in [-0.3, -0.25) is 4.98 Å². The summed E-state index contributed by atoms with van der Waals surface area (Å²) in [5.41, 5.74) is 9.62. The third kappa shape index (κ3) is 4.30. The standard InChI is InChI=1S/C19H25N3O/c20-12-15-5-7-19(22-13-15)16-9-14(10-18(23)11-16)4-6-17-3-1-2-8-21-17/h5,7,9-11,13,17,21,23H,1-4,6,8,12,20H2. The van der Waals surface area contributed by atoms with Crippen LogP contribution in [0.25, 0.3) is 11.3 Å². The third-order valence-corrected chi connectivity index (χ3v) is 4.53. The van der Waals surface area contributed by atoms with E-state index in [1.165, 1.54) is 19.3 Å². The summed E-state index contributed by atoms with van der Waals surface area (Å²) in [6.07, 6.45) is 7.75. The van der Waals surface area contributed by atoms with Crippen LogP contribution >= 0.6 is 0 Å². The molecule has 4 heteroatoms. The Kier molecular flexibility index (Phi) is 5.26. The second kappa shape index (κ2) is 7.57. The highest BCUT2D eigenvalue weighted by atomic mass is 16.3. The van der Waals surface area contributed by atoms with E-state index in [-0.39, 0.29) is 0 Å². The summed E-state index contributed by atoms with van der Waals surface area (Å²) < 4.78 is 0. The van der Waals surface area contributed by atoms with Crippen LogP contribution in [0.1, 0.15) is 36.8 Å². The number of nitrogens with one attached hydrogen (secondary N) is 1. The molecule has 0 amide bonds. The van der Waals surface area contributed by atoms with Gasteiger partial charge in [-0.25, -0.2) is 0 Å². The number of aromatic nitrogens is 1. The zero-order valence-corrected chi connectivity index (χ0v) is 13.5. The van der Waals surface area contributed by atoms with Gasteiger partial charge in [0.25, 0.3) is 0 Å². The Morgan fingerprint density at radius 1 is 1.17 bits per heavy atom. The lowest BCUT2D eigenvalue weighted by Gasteiger charge is -2.23. The minimum Gasteiger partial charge on any atom is -0.508 e. The van der Waals surface area contributed by atoms with Crippen LogP contribution in [0.2, 0.25) is 0 Å². The average molecular weight is 311 g/mol. The molecule has 1 saturated heterocycles. The summed E-state index contributed by atoms with van der Waals surface area (Å²) >= 11 is 0. The summed E-state index contributed by atoms with van der Waals surface area (Å²) in [6, 6.07) is 10.3. The molecular formula is C19H25N3O.